The predicted molar refractivity (Wildman–Crippen MR) is 36.9 cm³/mol. The number of carbonyl (C=O) groups is 1. The van der Waals surface area contributed by atoms with Gasteiger partial charge in [-0.05, 0) is 7.05 Å². The molecule has 0 bridgehead atoms. The summed E-state index contributed by atoms with van der Waals surface area (Å²) < 4.78 is 0. The minimum absolute atomic E-state index is 0.376. The smallest absolute Gasteiger partial charge is 0.322 e. The van der Waals surface area contributed by atoms with E-state index >= 15 is 0 Å². The first kappa shape index (κ1) is 7.50. The van der Waals surface area contributed by atoms with Crippen molar-refractivity contribution in [2.75, 3.05) is 26.7 Å². The highest BCUT2D eigenvalue weighted by Gasteiger charge is 2.21. The Morgan fingerprint density at radius 3 is 2.90 bits per heavy atom. The number of carboxylic acids is 1. The van der Waals surface area contributed by atoms with Gasteiger partial charge in [0.1, 0.15) is 6.04 Å². The minimum Gasteiger partial charge on any atom is -0.480 e. The zero-order valence-electron chi connectivity index (χ0n) is 6.00. The number of hydrogen-bond acceptors (Lipinski definition) is 3. The molecule has 0 aromatic heterocycles. The number of carboxylic acid groups (broad SMARTS) is 1. The third-order valence-corrected chi connectivity index (χ3v) is 1.68. The van der Waals surface area contributed by atoms with Crippen molar-refractivity contribution in [3.8, 4) is 0 Å². The lowest BCUT2D eigenvalue weighted by Gasteiger charge is -2.27. The van der Waals surface area contributed by atoms with Crippen LogP contribution in [-0.2, 0) is 4.79 Å². The molecular weight excluding hydrogens is 132 g/mol. The summed E-state index contributed by atoms with van der Waals surface area (Å²) in [5, 5.41) is 11.5. The predicted octanol–water partition coefficient (Wildman–Crippen LogP) is -1.03. The molecule has 1 atom stereocenters. The summed E-state index contributed by atoms with van der Waals surface area (Å²) in [6, 6.07) is -0.376. The summed E-state index contributed by atoms with van der Waals surface area (Å²) >= 11 is 0. The Hall–Kier alpha value is -0.610. The van der Waals surface area contributed by atoms with Crippen LogP contribution in [0.3, 0.4) is 0 Å². The third kappa shape index (κ3) is 1.68. The van der Waals surface area contributed by atoms with E-state index in [2.05, 4.69) is 5.32 Å². The van der Waals surface area contributed by atoms with Gasteiger partial charge in [-0.15, -0.1) is 0 Å². The molecule has 58 valence electrons. The zero-order valence-corrected chi connectivity index (χ0v) is 6.00. The lowest BCUT2D eigenvalue weighted by Crippen LogP contribution is -2.52. The normalized spacial score (nSPS) is 28.3. The Morgan fingerprint density at radius 1 is 1.80 bits per heavy atom. The van der Waals surface area contributed by atoms with Gasteiger partial charge in [0.05, 0.1) is 0 Å². The highest BCUT2D eigenvalue weighted by Crippen LogP contribution is 1.94. The molecule has 1 saturated heterocycles. The third-order valence-electron chi connectivity index (χ3n) is 1.68. The molecule has 2 N–H and O–H groups in total. The number of piperazine rings is 1. The monoisotopic (exact) mass is 144 g/mol. The van der Waals surface area contributed by atoms with Crippen LogP contribution in [0.4, 0.5) is 0 Å². The van der Waals surface area contributed by atoms with E-state index in [4.69, 9.17) is 5.11 Å². The Balaban J connectivity index is 2.39. The number of nitrogens with one attached hydrogen (secondary N) is 1. The fraction of sp³-hybridized carbons (Fsp3) is 0.833. The van der Waals surface area contributed by atoms with Crippen LogP contribution in [0.15, 0.2) is 0 Å². The average Bonchev–Trinajstić information content (AvgIpc) is 1.88. The zero-order chi connectivity index (χ0) is 7.56. The lowest BCUT2D eigenvalue weighted by atomic mass is 10.2. The summed E-state index contributed by atoms with van der Waals surface area (Å²) in [6.45, 7) is 2.31. The maximum absolute atomic E-state index is 10.4. The molecule has 1 fully saturated rings. The Labute approximate surface area is 59.8 Å². The standard InChI is InChI=1S/C6H12N2O2/c1-8-3-2-7-5(4-8)6(9)10/h5,7H,2-4H2,1H3,(H,9,10)/t5-/m1/s1. The molecule has 0 aromatic rings. The van der Waals surface area contributed by atoms with Gasteiger partial charge in [0.25, 0.3) is 0 Å². The number of hydrogen-bond donors (Lipinski definition) is 2. The second-order valence-electron chi connectivity index (χ2n) is 2.61. The van der Waals surface area contributed by atoms with E-state index in [0.717, 1.165) is 13.1 Å². The molecule has 10 heavy (non-hydrogen) atoms. The highest BCUT2D eigenvalue weighted by molar-refractivity contribution is 5.73. The van der Waals surface area contributed by atoms with E-state index in [1.54, 1.807) is 0 Å². The number of likely N-dealkylation sites (N-methyl/N-ethyl adjacent to an activating group) is 1. The quantitative estimate of drug-likeness (QED) is 0.494. The molecule has 4 nitrogen and oxygen atoms in total. The van der Waals surface area contributed by atoms with Crippen molar-refractivity contribution < 1.29 is 9.90 Å². The first-order valence-corrected chi connectivity index (χ1v) is 3.35. The van der Waals surface area contributed by atoms with Gasteiger partial charge < -0.3 is 15.3 Å². The van der Waals surface area contributed by atoms with Crippen LogP contribution in [0, 0.1) is 0 Å². The molecule has 0 unspecified atom stereocenters. The first-order chi connectivity index (χ1) is 4.70. The van der Waals surface area contributed by atoms with Crippen LogP contribution >= 0.6 is 0 Å². The molecule has 0 aromatic carbocycles. The molecule has 0 amide bonds. The van der Waals surface area contributed by atoms with Gasteiger partial charge in [0.15, 0.2) is 0 Å². The largest absolute Gasteiger partial charge is 0.480 e. The van der Waals surface area contributed by atoms with E-state index in [-0.39, 0.29) is 6.04 Å². The van der Waals surface area contributed by atoms with Gasteiger partial charge >= 0.3 is 5.97 Å². The number of rotatable bonds is 1. The Bertz CT molecular complexity index is 138. The maximum atomic E-state index is 10.4. The van der Waals surface area contributed by atoms with Crippen LogP contribution < -0.4 is 5.32 Å². The van der Waals surface area contributed by atoms with Crippen LogP contribution in [0.2, 0.25) is 0 Å². The Morgan fingerprint density at radius 2 is 2.50 bits per heavy atom. The topological polar surface area (TPSA) is 52.6 Å². The van der Waals surface area contributed by atoms with Gasteiger partial charge in [-0.2, -0.15) is 0 Å². The fourth-order valence-corrected chi connectivity index (χ4v) is 1.06. The van der Waals surface area contributed by atoms with E-state index in [1.807, 2.05) is 11.9 Å². The Kier molecular flexibility index (Phi) is 2.24. The summed E-state index contributed by atoms with van der Waals surface area (Å²) in [7, 11) is 1.93. The average molecular weight is 144 g/mol. The molecular formula is C6H12N2O2. The van der Waals surface area contributed by atoms with Gasteiger partial charge in [-0.1, -0.05) is 0 Å². The summed E-state index contributed by atoms with van der Waals surface area (Å²) in [5.41, 5.74) is 0. The van der Waals surface area contributed by atoms with Gasteiger partial charge in [-0.3, -0.25) is 4.79 Å². The van der Waals surface area contributed by atoms with Crippen molar-refractivity contribution in [1.29, 1.82) is 0 Å². The molecule has 0 radical (unpaired) electrons. The van der Waals surface area contributed by atoms with Crippen molar-refractivity contribution in [1.82, 2.24) is 10.2 Å². The van der Waals surface area contributed by atoms with Gasteiger partial charge in [0, 0.05) is 19.6 Å². The molecule has 0 spiro atoms. The van der Waals surface area contributed by atoms with Crippen molar-refractivity contribution in [3.63, 3.8) is 0 Å². The minimum atomic E-state index is -0.758. The van der Waals surface area contributed by atoms with E-state index in [9.17, 15) is 4.79 Å². The van der Waals surface area contributed by atoms with Crippen LogP contribution in [0.25, 0.3) is 0 Å². The molecule has 0 aliphatic carbocycles. The lowest BCUT2D eigenvalue weighted by molar-refractivity contribution is -0.140. The highest BCUT2D eigenvalue weighted by atomic mass is 16.4. The SMILES string of the molecule is CN1CCN[C@@H](C(=O)O)C1. The van der Waals surface area contributed by atoms with E-state index in [0.29, 0.717) is 6.54 Å². The molecule has 1 heterocycles. The van der Waals surface area contributed by atoms with Crippen LogP contribution in [0.1, 0.15) is 0 Å². The van der Waals surface area contributed by atoms with Gasteiger partial charge in [-0.25, -0.2) is 0 Å². The summed E-state index contributed by atoms with van der Waals surface area (Å²) in [6.07, 6.45) is 0. The molecule has 1 aliphatic rings. The summed E-state index contributed by atoms with van der Waals surface area (Å²) in [5.74, 6) is -0.758. The molecule has 0 saturated carbocycles. The van der Waals surface area contributed by atoms with Gasteiger partial charge in [0.2, 0.25) is 0 Å². The molecule has 1 aliphatic heterocycles. The van der Waals surface area contributed by atoms with Crippen LogP contribution in [0.5, 0.6) is 0 Å². The second-order valence-corrected chi connectivity index (χ2v) is 2.61. The van der Waals surface area contributed by atoms with E-state index in [1.165, 1.54) is 0 Å². The van der Waals surface area contributed by atoms with Crippen molar-refractivity contribution in [2.45, 2.75) is 6.04 Å². The first-order valence-electron chi connectivity index (χ1n) is 3.35. The molecule has 1 rings (SSSR count). The number of nitrogens with zero attached hydrogens (tertiary/aromatic N) is 1. The maximum Gasteiger partial charge on any atom is 0.322 e. The van der Waals surface area contributed by atoms with Crippen molar-refractivity contribution in [3.05, 3.63) is 0 Å². The molecule has 4 heteroatoms. The van der Waals surface area contributed by atoms with Crippen LogP contribution in [-0.4, -0.2) is 48.7 Å². The number of aliphatic carboxylic acids is 1. The van der Waals surface area contributed by atoms with Crippen molar-refractivity contribution >= 4 is 5.97 Å². The second kappa shape index (κ2) is 2.98. The fourth-order valence-electron chi connectivity index (χ4n) is 1.06. The summed E-state index contributed by atoms with van der Waals surface area (Å²) in [4.78, 5) is 12.4. The van der Waals surface area contributed by atoms with E-state index < -0.39 is 5.97 Å². The van der Waals surface area contributed by atoms with Crippen molar-refractivity contribution in [2.24, 2.45) is 0 Å².